The van der Waals surface area contributed by atoms with Gasteiger partial charge in [0.2, 0.25) is 0 Å². The van der Waals surface area contributed by atoms with E-state index in [-0.39, 0.29) is 11.8 Å². The number of aromatic nitrogens is 1. The van der Waals surface area contributed by atoms with Crippen LogP contribution in [-0.2, 0) is 0 Å². The molecule has 19 heavy (non-hydrogen) atoms. The number of unbranched alkanes of at least 4 members (excludes halogenated alkanes) is 1. The Balaban J connectivity index is 2.12. The average Bonchev–Trinajstić information content (AvgIpc) is 3.09. The molecule has 0 aliphatic carbocycles. The molecular weight excluding hydrogens is 240 g/mol. The van der Waals surface area contributed by atoms with Gasteiger partial charge >= 0.3 is 0 Å². The number of carbonyl (C=O) groups excluding carboxylic acids is 2. The van der Waals surface area contributed by atoms with Crippen molar-refractivity contribution in [2.45, 2.75) is 32.6 Å². The van der Waals surface area contributed by atoms with Crippen molar-refractivity contribution in [3.63, 3.8) is 0 Å². The molecule has 1 aliphatic heterocycles. The third kappa shape index (κ3) is 3.13. The fourth-order valence-electron chi connectivity index (χ4n) is 2.26. The van der Waals surface area contributed by atoms with Crippen LogP contribution in [0.2, 0.25) is 0 Å². The molecule has 2 heterocycles. The van der Waals surface area contributed by atoms with E-state index in [0.717, 1.165) is 38.8 Å². The summed E-state index contributed by atoms with van der Waals surface area (Å²) in [5.74, 6) is -0.194. The summed E-state index contributed by atoms with van der Waals surface area (Å²) in [5.41, 5.74) is 0.466. The van der Waals surface area contributed by atoms with Gasteiger partial charge in [0, 0.05) is 19.3 Å². The Bertz CT molecular complexity index is 482. The Kier molecular flexibility index (Phi) is 4.55. The summed E-state index contributed by atoms with van der Waals surface area (Å²) in [6, 6.07) is 3.46. The Morgan fingerprint density at radius 3 is 2.74 bits per heavy atom. The predicted octanol–water partition coefficient (Wildman–Crippen LogP) is 2.72. The van der Waals surface area contributed by atoms with Crippen LogP contribution < -0.4 is 0 Å². The van der Waals surface area contributed by atoms with Crippen LogP contribution in [0.4, 0.5) is 0 Å². The lowest BCUT2D eigenvalue weighted by atomic mass is 10.3. The number of nitrogens with zero attached hydrogens (tertiary/aromatic N) is 2. The molecule has 4 nitrogen and oxygen atoms in total. The van der Waals surface area contributed by atoms with E-state index < -0.39 is 0 Å². The Morgan fingerprint density at radius 2 is 2.05 bits per heavy atom. The lowest BCUT2D eigenvalue weighted by Gasteiger charge is -2.15. The van der Waals surface area contributed by atoms with Gasteiger partial charge in [-0.1, -0.05) is 19.4 Å². The lowest BCUT2D eigenvalue weighted by molar-refractivity contribution is 0.0770. The minimum atomic E-state index is -0.152. The smallest absolute Gasteiger partial charge is 0.270 e. The van der Waals surface area contributed by atoms with Gasteiger partial charge in [-0.25, -0.2) is 0 Å². The van der Waals surface area contributed by atoms with E-state index in [1.807, 2.05) is 11.0 Å². The quantitative estimate of drug-likeness (QED) is 0.781. The normalized spacial score (nSPS) is 15.3. The highest BCUT2D eigenvalue weighted by Crippen LogP contribution is 2.13. The first kappa shape index (κ1) is 13.6. The van der Waals surface area contributed by atoms with E-state index in [9.17, 15) is 9.59 Å². The summed E-state index contributed by atoms with van der Waals surface area (Å²) in [7, 11) is 0. The Hall–Kier alpha value is -1.84. The zero-order chi connectivity index (χ0) is 13.7. The highest BCUT2D eigenvalue weighted by atomic mass is 16.2. The number of hydrogen-bond donors (Lipinski definition) is 0. The van der Waals surface area contributed by atoms with E-state index in [0.29, 0.717) is 5.69 Å². The first-order chi connectivity index (χ1) is 9.24. The van der Waals surface area contributed by atoms with E-state index in [1.54, 1.807) is 24.4 Å². The molecule has 0 saturated carbocycles. The van der Waals surface area contributed by atoms with Crippen LogP contribution in [0.15, 0.2) is 30.5 Å². The molecule has 0 unspecified atom stereocenters. The van der Waals surface area contributed by atoms with Crippen molar-refractivity contribution in [1.82, 2.24) is 9.47 Å². The third-order valence-corrected chi connectivity index (χ3v) is 3.31. The minimum absolute atomic E-state index is 0.0419. The van der Waals surface area contributed by atoms with Gasteiger partial charge in [-0.05, 0) is 37.5 Å². The van der Waals surface area contributed by atoms with E-state index in [4.69, 9.17) is 0 Å². The molecule has 0 N–H and O–H groups in total. The average molecular weight is 260 g/mol. The molecule has 4 heteroatoms. The van der Waals surface area contributed by atoms with Crippen LogP contribution in [0.1, 0.15) is 47.9 Å². The van der Waals surface area contributed by atoms with Gasteiger partial charge in [0.05, 0.1) is 0 Å². The number of amides is 1. The van der Waals surface area contributed by atoms with Crippen LogP contribution in [0.3, 0.4) is 0 Å². The summed E-state index contributed by atoms with van der Waals surface area (Å²) in [5, 5.41) is 0. The summed E-state index contributed by atoms with van der Waals surface area (Å²) in [6.45, 7) is 3.65. The van der Waals surface area contributed by atoms with Crippen LogP contribution in [0.5, 0.6) is 0 Å². The van der Waals surface area contributed by atoms with E-state index >= 15 is 0 Å². The molecule has 0 radical (unpaired) electrons. The molecule has 1 aromatic rings. The molecule has 2 rings (SSSR count). The van der Waals surface area contributed by atoms with Crippen LogP contribution in [0.25, 0.3) is 0 Å². The van der Waals surface area contributed by atoms with Gasteiger partial charge in [0.15, 0.2) is 0 Å². The van der Waals surface area contributed by atoms with Gasteiger partial charge in [-0.2, -0.15) is 0 Å². The largest absolute Gasteiger partial charge is 0.337 e. The fraction of sp³-hybridized carbons (Fsp3) is 0.467. The Labute approximate surface area is 113 Å². The zero-order valence-electron chi connectivity index (χ0n) is 11.3. The van der Waals surface area contributed by atoms with Crippen molar-refractivity contribution in [2.24, 2.45) is 0 Å². The molecule has 1 amide bonds. The predicted molar refractivity (Wildman–Crippen MR) is 74.2 cm³/mol. The first-order valence-electron chi connectivity index (χ1n) is 6.91. The number of likely N-dealkylation sites (tertiary alicyclic amines) is 1. The lowest BCUT2D eigenvalue weighted by Crippen LogP contribution is -2.30. The van der Waals surface area contributed by atoms with Gasteiger partial charge < -0.3 is 4.90 Å². The second-order valence-corrected chi connectivity index (χ2v) is 4.79. The van der Waals surface area contributed by atoms with Crippen LogP contribution >= 0.6 is 0 Å². The van der Waals surface area contributed by atoms with Crippen molar-refractivity contribution in [1.29, 1.82) is 0 Å². The van der Waals surface area contributed by atoms with Crippen molar-refractivity contribution in [2.75, 3.05) is 13.1 Å². The van der Waals surface area contributed by atoms with Crippen LogP contribution in [0, 0.1) is 0 Å². The molecule has 0 aromatic carbocycles. The maximum atomic E-state index is 12.3. The molecule has 0 atom stereocenters. The molecule has 1 aliphatic rings. The first-order valence-corrected chi connectivity index (χ1v) is 6.91. The summed E-state index contributed by atoms with van der Waals surface area (Å²) < 4.78 is 1.44. The molecule has 0 spiro atoms. The molecule has 1 aromatic heterocycles. The highest BCUT2D eigenvalue weighted by Gasteiger charge is 2.22. The van der Waals surface area contributed by atoms with E-state index in [2.05, 4.69) is 6.92 Å². The minimum Gasteiger partial charge on any atom is -0.337 e. The van der Waals surface area contributed by atoms with E-state index in [1.165, 1.54) is 4.57 Å². The molecule has 1 saturated heterocycles. The van der Waals surface area contributed by atoms with Crippen molar-refractivity contribution < 1.29 is 9.59 Å². The maximum Gasteiger partial charge on any atom is 0.270 e. The molecular formula is C15H20N2O2. The molecule has 0 bridgehead atoms. The molecule has 102 valence electrons. The highest BCUT2D eigenvalue weighted by molar-refractivity contribution is 6.00. The number of rotatable bonds is 4. The number of hydrogen-bond acceptors (Lipinski definition) is 2. The topological polar surface area (TPSA) is 42.3 Å². The summed E-state index contributed by atoms with van der Waals surface area (Å²) >= 11 is 0. The summed E-state index contributed by atoms with van der Waals surface area (Å²) in [4.78, 5) is 26.1. The van der Waals surface area contributed by atoms with Gasteiger partial charge in [0.1, 0.15) is 5.69 Å². The third-order valence-electron chi connectivity index (χ3n) is 3.31. The van der Waals surface area contributed by atoms with Crippen molar-refractivity contribution in [3.8, 4) is 0 Å². The van der Waals surface area contributed by atoms with Crippen LogP contribution in [-0.4, -0.2) is 34.4 Å². The van der Waals surface area contributed by atoms with Crippen molar-refractivity contribution >= 4 is 11.8 Å². The van der Waals surface area contributed by atoms with Gasteiger partial charge in [0.25, 0.3) is 11.8 Å². The fourth-order valence-corrected chi connectivity index (χ4v) is 2.26. The monoisotopic (exact) mass is 260 g/mol. The zero-order valence-corrected chi connectivity index (χ0v) is 11.3. The molecule has 1 fully saturated rings. The second-order valence-electron chi connectivity index (χ2n) is 4.79. The van der Waals surface area contributed by atoms with Crippen molar-refractivity contribution in [3.05, 3.63) is 36.2 Å². The maximum absolute atomic E-state index is 12.3. The number of allylic oxidation sites excluding steroid dienone is 2. The van der Waals surface area contributed by atoms with Gasteiger partial charge in [-0.15, -0.1) is 0 Å². The number of carbonyl (C=O) groups is 2. The SMILES string of the molecule is CCC/C=C/C(=O)n1cccc1C(=O)N1CCCC1. The Morgan fingerprint density at radius 1 is 1.32 bits per heavy atom. The summed E-state index contributed by atoms with van der Waals surface area (Å²) in [6.07, 6.45) is 9.05. The second kappa shape index (κ2) is 6.36. The van der Waals surface area contributed by atoms with Gasteiger partial charge in [-0.3, -0.25) is 14.2 Å². The standard InChI is InChI=1S/C15H20N2O2/c1-2-3-4-9-14(18)17-12-7-8-13(17)15(19)16-10-5-6-11-16/h4,7-9,12H,2-3,5-6,10-11H2,1H3/b9-4+.